The van der Waals surface area contributed by atoms with Crippen LogP contribution in [-0.4, -0.2) is 77.3 Å². The second-order valence-electron chi connectivity index (χ2n) is 12.1. The maximum absolute atomic E-state index is 13.3. The number of carbonyl (C=O) groups excluding carboxylic acids is 2. The first-order chi connectivity index (χ1) is 22.5. The molecule has 4 atom stereocenters. The van der Waals surface area contributed by atoms with E-state index in [1.165, 1.54) is 14.2 Å². The summed E-state index contributed by atoms with van der Waals surface area (Å²) in [5.41, 5.74) is 7.91. The van der Waals surface area contributed by atoms with Crippen LogP contribution in [0.1, 0.15) is 73.6 Å². The van der Waals surface area contributed by atoms with Crippen molar-refractivity contribution in [2.75, 3.05) is 60.3 Å². The monoisotopic (exact) mass is 640 g/mol. The van der Waals surface area contributed by atoms with Gasteiger partial charge in [0.2, 0.25) is 18.4 Å². The first kappa shape index (κ1) is 33.6. The molecule has 0 saturated carbocycles. The average molecular weight is 641 g/mol. The highest BCUT2D eigenvalue weighted by Gasteiger charge is 2.53. The average Bonchev–Trinajstić information content (AvgIpc) is 3.68. The number of benzene rings is 2. The van der Waals surface area contributed by atoms with Gasteiger partial charge in [0, 0.05) is 18.3 Å². The fourth-order valence-electron chi connectivity index (χ4n) is 6.77. The number of methoxy groups -OCH3 is 2. The summed E-state index contributed by atoms with van der Waals surface area (Å²) in [6, 6.07) is 6.78. The summed E-state index contributed by atoms with van der Waals surface area (Å²) in [7, 11) is 2.93. The third-order valence-corrected chi connectivity index (χ3v) is 9.14. The van der Waals surface area contributed by atoms with E-state index in [0.29, 0.717) is 17.9 Å². The topological polar surface area (TPSA) is 163 Å². The van der Waals surface area contributed by atoms with Crippen molar-refractivity contribution in [3.63, 3.8) is 0 Å². The molecule has 5 rings (SSSR count). The largest absolute Gasteiger partial charge is 0.502 e. The number of nitrogens with two attached hydrogens (primary N) is 1. The quantitative estimate of drug-likeness (QED) is 0.120. The van der Waals surface area contributed by atoms with Gasteiger partial charge in [-0.15, -0.1) is 0 Å². The Morgan fingerprint density at radius 1 is 0.870 bits per heavy atom. The Balaban J connectivity index is 1.23. The summed E-state index contributed by atoms with van der Waals surface area (Å²) in [5.74, 6) is -0.249. The van der Waals surface area contributed by atoms with Crippen LogP contribution in [-0.2, 0) is 14.3 Å². The van der Waals surface area contributed by atoms with Crippen LogP contribution in [0.3, 0.4) is 0 Å². The number of fused-ring (bicyclic) bond motifs is 3. The number of aromatic hydroxyl groups is 1. The van der Waals surface area contributed by atoms with Gasteiger partial charge < -0.3 is 50.5 Å². The zero-order chi connectivity index (χ0) is 32.5. The summed E-state index contributed by atoms with van der Waals surface area (Å²) >= 11 is 0. The zero-order valence-electron chi connectivity index (χ0n) is 26.9. The van der Waals surface area contributed by atoms with E-state index in [-0.39, 0.29) is 48.4 Å². The van der Waals surface area contributed by atoms with Crippen molar-refractivity contribution >= 4 is 11.9 Å². The van der Waals surface area contributed by atoms with Gasteiger partial charge >= 0.3 is 5.97 Å². The number of esters is 1. The molecule has 1 amide bonds. The third-order valence-electron chi connectivity index (χ3n) is 9.14. The highest BCUT2D eigenvalue weighted by Crippen LogP contribution is 2.55. The van der Waals surface area contributed by atoms with E-state index >= 15 is 0 Å². The van der Waals surface area contributed by atoms with E-state index in [1.54, 1.807) is 12.1 Å². The van der Waals surface area contributed by atoms with Crippen molar-refractivity contribution in [2.24, 2.45) is 17.6 Å². The number of amides is 1. The number of hydrogen-bond acceptors (Lipinski definition) is 11. The fraction of sp³-hybridized carbons (Fsp3) is 0.588. The number of carbonyl (C=O) groups is 2. The second-order valence-corrected chi connectivity index (χ2v) is 12.1. The number of hydrogen-bond donors (Lipinski definition) is 5. The van der Waals surface area contributed by atoms with E-state index in [4.69, 9.17) is 29.4 Å². The number of ether oxygens (including phenoxy) is 5. The first-order valence-electron chi connectivity index (χ1n) is 16.4. The maximum atomic E-state index is 13.3. The van der Waals surface area contributed by atoms with Crippen molar-refractivity contribution in [3.8, 4) is 28.7 Å². The van der Waals surface area contributed by atoms with Gasteiger partial charge in [0.05, 0.1) is 32.8 Å². The molecule has 2 unspecified atom stereocenters. The Kier molecular flexibility index (Phi) is 11.8. The minimum atomic E-state index is -0.581. The van der Waals surface area contributed by atoms with Crippen molar-refractivity contribution in [1.29, 1.82) is 0 Å². The van der Waals surface area contributed by atoms with Gasteiger partial charge in [0.1, 0.15) is 0 Å². The molecule has 0 aromatic heterocycles. The molecular weight excluding hydrogens is 592 g/mol. The minimum Gasteiger partial charge on any atom is -0.502 e. The van der Waals surface area contributed by atoms with Gasteiger partial charge in [-0.05, 0) is 112 Å². The van der Waals surface area contributed by atoms with E-state index in [1.807, 2.05) is 12.1 Å². The summed E-state index contributed by atoms with van der Waals surface area (Å²) < 4.78 is 27.9. The van der Waals surface area contributed by atoms with E-state index in [2.05, 4.69) is 16.0 Å². The molecule has 46 heavy (non-hydrogen) atoms. The smallest absolute Gasteiger partial charge is 0.310 e. The molecule has 2 aromatic carbocycles. The molecule has 2 heterocycles. The van der Waals surface area contributed by atoms with Gasteiger partial charge in [0.15, 0.2) is 23.0 Å². The Hall–Kier alpha value is -3.74. The van der Waals surface area contributed by atoms with Crippen molar-refractivity contribution < 1.29 is 38.4 Å². The summed E-state index contributed by atoms with van der Waals surface area (Å²) in [5, 5.41) is 20.7. The van der Waals surface area contributed by atoms with Crippen LogP contribution in [0.4, 0.5) is 0 Å². The molecule has 0 radical (unpaired) electrons. The lowest BCUT2D eigenvalue weighted by Gasteiger charge is -2.39. The number of rotatable bonds is 18. The Labute approximate surface area is 270 Å². The molecule has 12 heteroatoms. The van der Waals surface area contributed by atoms with Crippen LogP contribution in [0.5, 0.6) is 28.7 Å². The molecular formula is C34H48N4O8. The molecule has 6 N–H and O–H groups in total. The lowest BCUT2D eigenvalue weighted by molar-refractivity contribution is -0.141. The Morgan fingerprint density at radius 2 is 1.46 bits per heavy atom. The van der Waals surface area contributed by atoms with Gasteiger partial charge in [0.25, 0.3) is 0 Å². The Morgan fingerprint density at radius 3 is 2.07 bits per heavy atom. The van der Waals surface area contributed by atoms with Crippen LogP contribution in [0.25, 0.3) is 0 Å². The zero-order valence-corrected chi connectivity index (χ0v) is 26.9. The molecule has 1 saturated heterocycles. The molecule has 3 aliphatic rings. The Bertz CT molecular complexity index is 1330. The van der Waals surface area contributed by atoms with Gasteiger partial charge in [-0.3, -0.25) is 9.59 Å². The number of cyclic esters (lactones) is 1. The molecule has 2 aromatic rings. The standard InChI is InChI=1S/C34H48N4O8/c1-42-27-15-21(16-28(43-2)33(27)40)30-22-17-25-26(46-20-45-25)18-23(22)32(24-19-44-34(41)31(24)30)38-29(39)9-3-5-11-36-13-7-8-14-37-12-6-4-10-35/h15-18,24,30-32,36-37,40H,3-14,19-20,35H2,1-2H3,(H,38,39)/t24?,30?,31-,32+/m0/s1. The first-order valence-corrected chi connectivity index (χ1v) is 16.4. The number of nitrogens with one attached hydrogen (secondary N) is 3. The number of unbranched alkanes of at least 4 members (excludes halogenated alkanes) is 3. The van der Waals surface area contributed by atoms with Gasteiger partial charge in [-0.1, -0.05) is 0 Å². The maximum Gasteiger partial charge on any atom is 0.310 e. The second kappa shape index (κ2) is 16.2. The highest BCUT2D eigenvalue weighted by atomic mass is 16.7. The van der Waals surface area contributed by atoms with E-state index in [0.717, 1.165) is 87.9 Å². The predicted octanol–water partition coefficient (Wildman–Crippen LogP) is 3.10. The lowest BCUT2D eigenvalue weighted by Crippen LogP contribution is -2.42. The number of phenolic OH excluding ortho intramolecular Hbond substituents is 1. The molecule has 0 bridgehead atoms. The summed E-state index contributed by atoms with van der Waals surface area (Å²) in [6.45, 7) is 4.89. The predicted molar refractivity (Wildman–Crippen MR) is 172 cm³/mol. The molecule has 2 aliphatic heterocycles. The summed E-state index contributed by atoms with van der Waals surface area (Å²) in [4.78, 5) is 26.6. The van der Waals surface area contributed by atoms with Gasteiger partial charge in [-0.2, -0.15) is 0 Å². The minimum absolute atomic E-state index is 0.0705. The van der Waals surface area contributed by atoms with Crippen molar-refractivity contribution in [3.05, 3.63) is 41.0 Å². The molecule has 1 aliphatic carbocycles. The van der Waals surface area contributed by atoms with Crippen molar-refractivity contribution in [1.82, 2.24) is 16.0 Å². The lowest BCUT2D eigenvalue weighted by atomic mass is 9.65. The van der Waals surface area contributed by atoms with Crippen LogP contribution in [0.2, 0.25) is 0 Å². The van der Waals surface area contributed by atoms with E-state index in [9.17, 15) is 14.7 Å². The molecule has 0 spiro atoms. The number of phenols is 1. The summed E-state index contributed by atoms with van der Waals surface area (Å²) in [6.07, 6.45) is 6.45. The third kappa shape index (κ3) is 7.62. The van der Waals surface area contributed by atoms with E-state index < -0.39 is 17.9 Å². The molecule has 252 valence electrons. The molecule has 1 fully saturated rings. The van der Waals surface area contributed by atoms with Crippen molar-refractivity contribution in [2.45, 2.75) is 56.9 Å². The SMILES string of the molecule is COc1cc(C2c3cc4c(cc3[C@@H](NC(=O)CCCCNCCCCNCCCCN)C3COC(=O)[C@H]23)OCO4)cc(OC)c1O. The molecule has 12 nitrogen and oxygen atoms in total. The van der Waals surface area contributed by atoms with Crippen LogP contribution in [0.15, 0.2) is 24.3 Å². The van der Waals surface area contributed by atoms with Crippen LogP contribution < -0.4 is 40.6 Å². The normalized spacial score (nSPS) is 21.0. The highest BCUT2D eigenvalue weighted by molar-refractivity contribution is 5.81. The van der Waals surface area contributed by atoms with Crippen LogP contribution in [0, 0.1) is 11.8 Å². The van der Waals surface area contributed by atoms with Crippen LogP contribution >= 0.6 is 0 Å². The fourth-order valence-corrected chi connectivity index (χ4v) is 6.77. The van der Waals surface area contributed by atoms with Gasteiger partial charge in [-0.25, -0.2) is 0 Å².